The van der Waals surface area contributed by atoms with Crippen LogP contribution in [0.3, 0.4) is 0 Å². The number of hydrogen-bond donors (Lipinski definition) is 0. The zero-order chi connectivity index (χ0) is 36.7. The van der Waals surface area contributed by atoms with Crippen molar-refractivity contribution in [1.82, 2.24) is 19.1 Å². The Labute approximate surface area is 322 Å². The molecule has 0 fully saturated rings. The van der Waals surface area contributed by atoms with Gasteiger partial charge in [-0.15, -0.1) is 0 Å². The summed E-state index contributed by atoms with van der Waals surface area (Å²) in [5.74, 6) is 0. The van der Waals surface area contributed by atoms with Crippen LogP contribution in [0.2, 0.25) is 0 Å². The Morgan fingerprint density at radius 3 is 1.00 bits per heavy atom. The summed E-state index contributed by atoms with van der Waals surface area (Å²) in [4.78, 5) is 11.3. The van der Waals surface area contributed by atoms with Gasteiger partial charge in [-0.2, -0.15) is 0 Å². The molecule has 0 spiro atoms. The lowest BCUT2D eigenvalue weighted by atomic mass is 9.97. The van der Waals surface area contributed by atoms with Crippen molar-refractivity contribution in [2.75, 3.05) is 0 Å². The summed E-state index contributed by atoms with van der Waals surface area (Å²) >= 11 is 0. The summed E-state index contributed by atoms with van der Waals surface area (Å²) < 4.78 is 4.82. The number of fused-ring (bicyclic) bond motifs is 12. The zero-order valence-corrected chi connectivity index (χ0v) is 30.3. The second-order valence-corrected chi connectivity index (χ2v) is 14.6. The number of benzene rings is 9. The van der Waals surface area contributed by atoms with Crippen LogP contribution in [-0.2, 0) is 0 Å². The van der Waals surface area contributed by atoms with Crippen molar-refractivity contribution in [1.29, 1.82) is 0 Å². The van der Waals surface area contributed by atoms with Gasteiger partial charge in [0.2, 0.25) is 0 Å². The maximum absolute atomic E-state index is 5.71. The van der Waals surface area contributed by atoms with Crippen LogP contribution in [0.1, 0.15) is 0 Å². The monoisotopic (exact) mass is 712 g/mol. The molecule has 0 aliphatic heterocycles. The molecule has 9 aromatic carbocycles. The molecule has 0 atom stereocenters. The molecule has 0 unspecified atom stereocenters. The molecule has 0 amide bonds. The molecule has 0 bridgehead atoms. The Bertz CT molecular complexity index is 3300. The van der Waals surface area contributed by atoms with Gasteiger partial charge in [-0.3, -0.25) is 0 Å². The second-order valence-electron chi connectivity index (χ2n) is 14.6. The van der Waals surface area contributed by atoms with Crippen LogP contribution in [0.4, 0.5) is 0 Å². The van der Waals surface area contributed by atoms with Crippen molar-refractivity contribution < 1.29 is 0 Å². The van der Waals surface area contributed by atoms with Crippen molar-refractivity contribution in [3.8, 4) is 33.9 Å². The second kappa shape index (κ2) is 12.0. The highest BCUT2D eigenvalue weighted by atomic mass is 15.0. The van der Waals surface area contributed by atoms with Crippen LogP contribution in [0.25, 0.3) is 110 Å². The first-order chi connectivity index (χ1) is 27.8. The maximum Gasteiger partial charge on any atom is 0.0979 e. The minimum absolute atomic E-state index is 0.841. The summed E-state index contributed by atoms with van der Waals surface area (Å²) in [5, 5.41) is 9.44. The normalized spacial score (nSPS) is 11.9. The first kappa shape index (κ1) is 30.9. The van der Waals surface area contributed by atoms with Gasteiger partial charge in [0, 0.05) is 54.8 Å². The highest BCUT2D eigenvalue weighted by molar-refractivity contribution is 6.23. The molecule has 56 heavy (non-hydrogen) atoms. The van der Waals surface area contributed by atoms with E-state index in [-0.39, 0.29) is 0 Å². The van der Waals surface area contributed by atoms with E-state index in [1.54, 1.807) is 0 Å². The van der Waals surface area contributed by atoms with Gasteiger partial charge < -0.3 is 9.13 Å². The van der Waals surface area contributed by atoms with Gasteiger partial charge in [0.05, 0.1) is 44.5 Å². The smallest absolute Gasteiger partial charge is 0.0979 e. The lowest BCUT2D eigenvalue weighted by molar-refractivity contribution is 1.13. The predicted molar refractivity (Wildman–Crippen MR) is 234 cm³/mol. The average molecular weight is 713 g/mol. The van der Waals surface area contributed by atoms with Crippen molar-refractivity contribution >= 4 is 76.2 Å². The van der Waals surface area contributed by atoms with Crippen LogP contribution in [0, 0.1) is 0 Å². The standard InChI is InChI=1S/C52H32N4/c1-2-16-33(17-3-1)49-50(54-52-44-25-7-5-19-38(44)37-18-4-6-24-43(37)51(52)53-49)34-30-35(55-45-26-12-8-20-39(45)40-21-9-13-27-46(40)55)32-36(31-34)56-47-28-14-10-22-41(47)42-23-11-15-29-48(42)56/h1-32H. The summed E-state index contributed by atoms with van der Waals surface area (Å²) in [6.45, 7) is 0. The third-order valence-electron chi connectivity index (χ3n) is 11.5. The van der Waals surface area contributed by atoms with E-state index in [2.05, 4.69) is 203 Å². The average Bonchev–Trinajstić information content (AvgIpc) is 3.79. The highest BCUT2D eigenvalue weighted by Gasteiger charge is 2.22. The van der Waals surface area contributed by atoms with Crippen molar-refractivity contribution in [2.45, 2.75) is 0 Å². The number of para-hydroxylation sites is 4. The minimum atomic E-state index is 0.841. The molecule has 260 valence electrons. The highest BCUT2D eigenvalue weighted by Crippen LogP contribution is 2.41. The summed E-state index contributed by atoms with van der Waals surface area (Å²) in [7, 11) is 0. The Hall–Kier alpha value is -7.56. The molecular formula is C52H32N4. The van der Waals surface area contributed by atoms with Crippen LogP contribution < -0.4 is 0 Å². The molecule has 12 aromatic rings. The first-order valence-corrected chi connectivity index (χ1v) is 19.1. The number of hydrogen-bond acceptors (Lipinski definition) is 2. The molecular weight excluding hydrogens is 681 g/mol. The van der Waals surface area contributed by atoms with E-state index in [1.165, 1.54) is 32.3 Å². The number of nitrogens with zero attached hydrogens (tertiary/aromatic N) is 4. The van der Waals surface area contributed by atoms with Crippen LogP contribution in [0.15, 0.2) is 194 Å². The Morgan fingerprint density at radius 2 is 0.589 bits per heavy atom. The van der Waals surface area contributed by atoms with Crippen LogP contribution >= 0.6 is 0 Å². The van der Waals surface area contributed by atoms with E-state index in [1.807, 2.05) is 0 Å². The van der Waals surface area contributed by atoms with E-state index < -0.39 is 0 Å². The quantitative estimate of drug-likeness (QED) is 0.170. The third-order valence-corrected chi connectivity index (χ3v) is 11.5. The first-order valence-electron chi connectivity index (χ1n) is 19.1. The lowest BCUT2D eigenvalue weighted by Gasteiger charge is -2.18. The topological polar surface area (TPSA) is 35.6 Å². The van der Waals surface area contributed by atoms with Crippen molar-refractivity contribution in [2.24, 2.45) is 0 Å². The summed E-state index contributed by atoms with van der Waals surface area (Å²) in [6.07, 6.45) is 0. The van der Waals surface area contributed by atoms with Crippen LogP contribution in [-0.4, -0.2) is 19.1 Å². The van der Waals surface area contributed by atoms with Gasteiger partial charge in [0.15, 0.2) is 0 Å². The maximum atomic E-state index is 5.71. The SMILES string of the molecule is c1ccc(-c2nc3c4ccccc4c4ccccc4c3nc2-c2cc(-n3c4ccccc4c4ccccc43)cc(-n3c4ccccc4c4ccccc43)c2)cc1. The zero-order valence-electron chi connectivity index (χ0n) is 30.3. The lowest BCUT2D eigenvalue weighted by Crippen LogP contribution is -2.02. The molecule has 3 heterocycles. The van der Waals surface area contributed by atoms with Gasteiger partial charge in [-0.05, 0) is 53.2 Å². The molecule has 12 rings (SSSR count). The van der Waals surface area contributed by atoms with E-state index in [0.29, 0.717) is 0 Å². The molecule has 4 heteroatoms. The Balaban J connectivity index is 1.25. The van der Waals surface area contributed by atoms with Gasteiger partial charge in [-0.1, -0.05) is 152 Å². The molecule has 0 aliphatic rings. The Morgan fingerprint density at radius 1 is 0.268 bits per heavy atom. The van der Waals surface area contributed by atoms with E-state index in [4.69, 9.17) is 9.97 Å². The van der Waals surface area contributed by atoms with Gasteiger partial charge >= 0.3 is 0 Å². The largest absolute Gasteiger partial charge is 0.309 e. The molecule has 0 saturated heterocycles. The van der Waals surface area contributed by atoms with Crippen molar-refractivity contribution in [3.63, 3.8) is 0 Å². The van der Waals surface area contributed by atoms with Gasteiger partial charge in [0.1, 0.15) is 0 Å². The Kier molecular flexibility index (Phi) is 6.60. The minimum Gasteiger partial charge on any atom is -0.309 e. The molecule has 0 saturated carbocycles. The van der Waals surface area contributed by atoms with Gasteiger partial charge in [-0.25, -0.2) is 9.97 Å². The van der Waals surface area contributed by atoms with Crippen LogP contribution in [0.5, 0.6) is 0 Å². The van der Waals surface area contributed by atoms with Gasteiger partial charge in [0.25, 0.3) is 0 Å². The fourth-order valence-electron chi connectivity index (χ4n) is 9.05. The van der Waals surface area contributed by atoms with E-state index in [9.17, 15) is 0 Å². The van der Waals surface area contributed by atoms with Crippen molar-refractivity contribution in [3.05, 3.63) is 194 Å². The van der Waals surface area contributed by atoms with E-state index >= 15 is 0 Å². The summed E-state index contributed by atoms with van der Waals surface area (Å²) in [6, 6.07) is 69.5. The number of aromatic nitrogens is 4. The fraction of sp³-hybridized carbons (Fsp3) is 0. The molecule has 0 N–H and O–H groups in total. The molecule has 0 aliphatic carbocycles. The number of rotatable bonds is 4. The molecule has 0 radical (unpaired) electrons. The predicted octanol–water partition coefficient (Wildman–Crippen LogP) is 13.5. The fourth-order valence-corrected chi connectivity index (χ4v) is 9.05. The van der Waals surface area contributed by atoms with E-state index in [0.717, 1.165) is 77.8 Å². The molecule has 4 nitrogen and oxygen atoms in total. The molecule has 3 aromatic heterocycles. The third kappa shape index (κ3) is 4.47. The summed E-state index contributed by atoms with van der Waals surface area (Å²) in [5.41, 5.74) is 12.3.